The van der Waals surface area contributed by atoms with E-state index in [4.69, 9.17) is 25.6 Å². The van der Waals surface area contributed by atoms with Gasteiger partial charge in [-0.15, -0.1) is 5.11 Å². The number of aliphatic hydroxyl groups excluding tert-OH is 1. The van der Waals surface area contributed by atoms with Crippen LogP contribution in [0.2, 0.25) is 0 Å². The van der Waals surface area contributed by atoms with Gasteiger partial charge >= 0.3 is 5.97 Å². The van der Waals surface area contributed by atoms with Crippen LogP contribution < -0.4 is 0 Å². The normalized spacial score (nSPS) is 13.0. The van der Waals surface area contributed by atoms with Gasteiger partial charge in [-0.3, -0.25) is 4.79 Å². The van der Waals surface area contributed by atoms with Crippen LogP contribution in [0.1, 0.15) is 51.9 Å². The first-order chi connectivity index (χ1) is 14.5. The average molecular weight is 489 g/mol. The number of benzene rings is 1. The summed E-state index contributed by atoms with van der Waals surface area (Å²) in [5.41, 5.74) is -2.16. The van der Waals surface area contributed by atoms with Crippen molar-refractivity contribution in [2.75, 3.05) is 12.4 Å². The third kappa shape index (κ3) is 10.1. The molecule has 1 aromatic carbocycles. The van der Waals surface area contributed by atoms with E-state index in [-0.39, 0.29) is 41.8 Å². The summed E-state index contributed by atoms with van der Waals surface area (Å²) < 4.78 is 16.5. The van der Waals surface area contributed by atoms with Crippen LogP contribution >= 0.6 is 17.1 Å². The van der Waals surface area contributed by atoms with E-state index < -0.39 is 11.7 Å². The standard InChI is InChI=1S/C20H29N2O6PS2/c1-7-26-20(25)19(22-21-17-10-8-16(9-11-17)15(6)23)18(24)12-31-29(30,27-13(2)3)28-14(4)5/h8-11,13-14,24H,7,12H2,1-6H3. The fourth-order valence-corrected chi connectivity index (χ4v) is 7.46. The Morgan fingerprint density at radius 2 is 1.68 bits per heavy atom. The van der Waals surface area contributed by atoms with Crippen molar-refractivity contribution in [3.8, 4) is 0 Å². The summed E-state index contributed by atoms with van der Waals surface area (Å²) in [4.78, 5) is 23.7. The Bertz CT molecular complexity index is 855. The number of ketones is 1. The molecule has 1 aromatic rings. The highest BCUT2D eigenvalue weighted by molar-refractivity contribution is 8.68. The van der Waals surface area contributed by atoms with Gasteiger partial charge in [0, 0.05) is 5.56 Å². The molecule has 0 bridgehead atoms. The van der Waals surface area contributed by atoms with Crippen LogP contribution in [-0.4, -0.2) is 41.4 Å². The van der Waals surface area contributed by atoms with Crippen molar-refractivity contribution in [2.24, 2.45) is 10.2 Å². The summed E-state index contributed by atoms with van der Waals surface area (Å²) in [7, 11) is 0. The molecule has 0 aliphatic heterocycles. The zero-order valence-electron chi connectivity index (χ0n) is 18.5. The van der Waals surface area contributed by atoms with Gasteiger partial charge < -0.3 is 18.9 Å². The summed E-state index contributed by atoms with van der Waals surface area (Å²) in [6.07, 6.45) is -0.323. The maximum Gasteiger partial charge on any atom is 0.362 e. The third-order valence-electron chi connectivity index (χ3n) is 3.32. The number of Topliss-reactive ketones (excluding diaryl/α,β-unsaturated/α-hetero) is 1. The molecule has 0 radical (unpaired) electrons. The fourth-order valence-electron chi connectivity index (χ4n) is 2.10. The summed E-state index contributed by atoms with van der Waals surface area (Å²) in [5.74, 6) is -1.30. The van der Waals surface area contributed by atoms with E-state index in [2.05, 4.69) is 10.2 Å². The SMILES string of the molecule is CCOC(=O)C(N=Nc1ccc(C(C)=O)cc1)=C(O)CSP(=S)(OC(C)C)OC(C)C. The smallest absolute Gasteiger partial charge is 0.362 e. The number of azo groups is 1. The first kappa shape index (κ1) is 27.5. The monoisotopic (exact) mass is 488 g/mol. The van der Waals surface area contributed by atoms with Crippen LogP contribution in [0, 0.1) is 0 Å². The van der Waals surface area contributed by atoms with E-state index in [1.807, 2.05) is 27.7 Å². The Kier molecular flexibility index (Phi) is 11.6. The van der Waals surface area contributed by atoms with Crippen molar-refractivity contribution in [2.45, 2.75) is 53.8 Å². The second kappa shape index (κ2) is 13.1. The van der Waals surface area contributed by atoms with Crippen LogP contribution in [0.25, 0.3) is 0 Å². The molecule has 1 N–H and O–H groups in total. The van der Waals surface area contributed by atoms with Crippen molar-refractivity contribution < 1.29 is 28.5 Å². The molecule has 0 saturated heterocycles. The van der Waals surface area contributed by atoms with Crippen LogP contribution in [0.5, 0.6) is 0 Å². The molecule has 0 fully saturated rings. The molecule has 0 heterocycles. The molecule has 172 valence electrons. The lowest BCUT2D eigenvalue weighted by Gasteiger charge is -2.25. The van der Waals surface area contributed by atoms with E-state index in [9.17, 15) is 14.7 Å². The molecule has 0 aliphatic carbocycles. The lowest BCUT2D eigenvalue weighted by atomic mass is 10.1. The Hall–Kier alpha value is -1.58. The largest absolute Gasteiger partial charge is 0.509 e. The van der Waals surface area contributed by atoms with Crippen LogP contribution in [0.15, 0.2) is 46.0 Å². The lowest BCUT2D eigenvalue weighted by molar-refractivity contribution is -0.138. The van der Waals surface area contributed by atoms with Crippen molar-refractivity contribution in [1.29, 1.82) is 0 Å². The van der Waals surface area contributed by atoms with Crippen LogP contribution in [0.4, 0.5) is 5.69 Å². The van der Waals surface area contributed by atoms with E-state index in [0.717, 1.165) is 11.4 Å². The Balaban J connectivity index is 3.12. The number of nitrogens with zero attached hydrogens (tertiary/aromatic N) is 2. The first-order valence-electron chi connectivity index (χ1n) is 9.70. The predicted octanol–water partition coefficient (Wildman–Crippen LogP) is 6.11. The van der Waals surface area contributed by atoms with E-state index >= 15 is 0 Å². The molecular formula is C20H29N2O6PS2. The number of rotatable bonds is 12. The molecule has 0 spiro atoms. The topological polar surface area (TPSA) is 107 Å². The minimum Gasteiger partial charge on any atom is -0.509 e. The maximum absolute atomic E-state index is 12.3. The highest BCUT2D eigenvalue weighted by Crippen LogP contribution is 2.62. The summed E-state index contributed by atoms with van der Waals surface area (Å²) >= 11 is 6.65. The fraction of sp³-hybridized carbons (Fsp3) is 0.500. The summed E-state index contributed by atoms with van der Waals surface area (Å²) in [6, 6.07) is 6.37. The number of ether oxygens (including phenoxy) is 1. The van der Waals surface area contributed by atoms with E-state index in [1.54, 1.807) is 31.2 Å². The van der Waals surface area contributed by atoms with Crippen molar-refractivity contribution in [3.63, 3.8) is 0 Å². The minimum absolute atomic E-state index is 0.0623. The number of aliphatic hydroxyl groups is 1. The average Bonchev–Trinajstić information content (AvgIpc) is 2.66. The third-order valence-corrected chi connectivity index (χ3v) is 8.72. The van der Waals surface area contributed by atoms with Crippen molar-refractivity contribution in [1.82, 2.24) is 0 Å². The van der Waals surface area contributed by atoms with Gasteiger partial charge in [0.15, 0.2) is 5.78 Å². The minimum atomic E-state index is -2.76. The second-order valence-corrected chi connectivity index (χ2v) is 13.1. The molecule has 0 aromatic heterocycles. The molecule has 0 atom stereocenters. The van der Waals surface area contributed by atoms with E-state index in [1.165, 1.54) is 6.92 Å². The van der Waals surface area contributed by atoms with Gasteiger partial charge in [0.2, 0.25) is 11.4 Å². The van der Waals surface area contributed by atoms with Crippen LogP contribution in [0.3, 0.4) is 0 Å². The molecule has 1 rings (SSSR count). The Morgan fingerprint density at radius 3 is 2.13 bits per heavy atom. The molecule has 31 heavy (non-hydrogen) atoms. The van der Waals surface area contributed by atoms with Gasteiger partial charge in [0.1, 0.15) is 5.76 Å². The predicted molar refractivity (Wildman–Crippen MR) is 126 cm³/mol. The number of hydrogen-bond acceptors (Lipinski definition) is 10. The Labute approximate surface area is 192 Å². The maximum atomic E-state index is 12.3. The molecule has 11 heteroatoms. The zero-order valence-corrected chi connectivity index (χ0v) is 21.1. The van der Waals surface area contributed by atoms with Gasteiger partial charge in [0.25, 0.3) is 0 Å². The molecular weight excluding hydrogens is 459 g/mol. The number of esters is 1. The van der Waals surface area contributed by atoms with Crippen molar-refractivity contribution in [3.05, 3.63) is 41.3 Å². The quantitative estimate of drug-likeness (QED) is 0.0937. The molecule has 0 aliphatic rings. The Morgan fingerprint density at radius 1 is 1.13 bits per heavy atom. The first-order valence-corrected chi connectivity index (χ1v) is 13.9. The van der Waals surface area contributed by atoms with Gasteiger partial charge in [-0.05, 0) is 77.6 Å². The molecule has 0 amide bonds. The van der Waals surface area contributed by atoms with Crippen molar-refractivity contribution >= 4 is 46.3 Å². The number of carbonyl (C=O) groups excluding carboxylic acids is 2. The van der Waals surface area contributed by atoms with Crippen LogP contribution in [-0.2, 0) is 30.4 Å². The van der Waals surface area contributed by atoms with Gasteiger partial charge in [-0.2, -0.15) is 5.11 Å². The number of carbonyl (C=O) groups is 2. The molecule has 8 nitrogen and oxygen atoms in total. The summed E-state index contributed by atoms with van der Waals surface area (Å²) in [6.45, 7) is 10.6. The molecule has 0 unspecified atom stereocenters. The second-order valence-electron chi connectivity index (χ2n) is 6.85. The highest BCUT2D eigenvalue weighted by atomic mass is 32.9. The zero-order chi connectivity index (χ0) is 23.6. The van der Waals surface area contributed by atoms with E-state index in [0.29, 0.717) is 11.3 Å². The van der Waals surface area contributed by atoms with Gasteiger partial charge in [-0.25, -0.2) is 4.79 Å². The highest BCUT2D eigenvalue weighted by Gasteiger charge is 2.26. The molecule has 0 saturated carbocycles. The number of hydrogen-bond donors (Lipinski definition) is 1. The lowest BCUT2D eigenvalue weighted by Crippen LogP contribution is -2.10. The van der Waals surface area contributed by atoms with Gasteiger partial charge in [-0.1, -0.05) is 11.4 Å². The summed E-state index contributed by atoms with van der Waals surface area (Å²) in [5, 5.41) is 18.4. The van der Waals surface area contributed by atoms with Gasteiger partial charge in [0.05, 0.1) is 30.3 Å².